The molecule has 2 N–H and O–H groups in total. The van der Waals surface area contributed by atoms with Gasteiger partial charge in [0.05, 0.1) is 38.9 Å². The van der Waals surface area contributed by atoms with E-state index in [-0.39, 0.29) is 0 Å². The third-order valence-corrected chi connectivity index (χ3v) is 14.7. The Hall–Kier alpha value is -7.86. The zero-order chi connectivity index (χ0) is 42.4. The summed E-state index contributed by atoms with van der Waals surface area (Å²) in [6.45, 7) is 0.667. The largest absolute Gasteiger partial charge is 0.380 e. The molecule has 2 aliphatic heterocycles. The van der Waals surface area contributed by atoms with Gasteiger partial charge in [0.2, 0.25) is 0 Å². The summed E-state index contributed by atoms with van der Waals surface area (Å²) in [5.74, 6) is 0. The summed E-state index contributed by atoms with van der Waals surface area (Å²) in [7, 11) is 0. The zero-order valence-electron chi connectivity index (χ0n) is 34.8. The lowest BCUT2D eigenvalue weighted by Crippen LogP contribution is -2.37. The van der Waals surface area contributed by atoms with Crippen LogP contribution in [0.2, 0.25) is 0 Å². The molecule has 0 radical (unpaired) electrons. The predicted molar refractivity (Wildman–Crippen MR) is 266 cm³/mol. The molecule has 0 amide bonds. The predicted octanol–water partition coefficient (Wildman–Crippen LogP) is 14.2. The maximum atomic E-state index is 9.37. The Kier molecular flexibility index (Phi) is 8.24. The molecule has 11 aromatic rings. The Morgan fingerprint density at radius 1 is 0.484 bits per heavy atom. The lowest BCUT2D eigenvalue weighted by molar-refractivity contribution is 0.691. The molecule has 2 aliphatic rings. The van der Waals surface area contributed by atoms with Crippen molar-refractivity contribution >= 4 is 66.8 Å². The Morgan fingerprint density at radius 3 is 1.88 bits per heavy atom. The topological polar surface area (TPSA) is 45.7 Å². The van der Waals surface area contributed by atoms with Gasteiger partial charge in [-0.25, -0.2) is 0 Å². The highest BCUT2D eigenvalue weighted by Crippen LogP contribution is 2.62. The Morgan fingerprint density at radius 2 is 1.09 bits per heavy atom. The molecular formula is C59H40N4S. The molecule has 0 aliphatic carbocycles. The molecule has 5 heteroatoms. The van der Waals surface area contributed by atoms with Gasteiger partial charge in [-0.1, -0.05) is 188 Å². The van der Waals surface area contributed by atoms with Crippen LogP contribution in [-0.2, 0) is 12.0 Å². The summed E-state index contributed by atoms with van der Waals surface area (Å²) in [6.07, 6.45) is 1.96. The van der Waals surface area contributed by atoms with E-state index in [9.17, 15) is 5.41 Å². The van der Waals surface area contributed by atoms with Crippen molar-refractivity contribution in [1.82, 2.24) is 14.5 Å². The summed E-state index contributed by atoms with van der Waals surface area (Å²) in [6, 6.07) is 76.9. The number of allylic oxidation sites excluding steroid dienone is 1. The van der Waals surface area contributed by atoms with E-state index in [1.165, 1.54) is 81.4 Å². The van der Waals surface area contributed by atoms with Crippen LogP contribution in [0, 0.1) is 5.41 Å². The van der Waals surface area contributed by atoms with Crippen molar-refractivity contribution in [2.24, 2.45) is 0 Å². The number of nitrogens with zero attached hydrogens (tertiary/aromatic N) is 2. The minimum atomic E-state index is -0.580. The van der Waals surface area contributed by atoms with Crippen molar-refractivity contribution in [2.45, 2.75) is 21.8 Å². The van der Waals surface area contributed by atoms with Gasteiger partial charge in [-0.2, -0.15) is 0 Å². The summed E-state index contributed by atoms with van der Waals surface area (Å²) in [5.41, 5.74) is 16.2. The van der Waals surface area contributed by atoms with Crippen LogP contribution in [0.4, 0.5) is 0 Å². The first-order valence-electron chi connectivity index (χ1n) is 21.9. The normalized spacial score (nSPS) is 15.1. The van der Waals surface area contributed by atoms with Gasteiger partial charge in [-0.05, 0) is 81.4 Å². The maximum Gasteiger partial charge on any atom is 0.0765 e. The average Bonchev–Trinajstić information content (AvgIpc) is 3.89. The van der Waals surface area contributed by atoms with E-state index in [4.69, 9.17) is 0 Å². The van der Waals surface area contributed by atoms with Gasteiger partial charge >= 0.3 is 0 Å². The SMILES string of the molecule is N=C(/C=C(\NCc1ccccc1)c1ccccc1)c1ccc(-n2c3ccccc3c3ccc4c(c32)Sc2ccccc2C42c3ccccc3-n3c4ccccc4c4cccc2c43)cc1. The average molecular weight is 837 g/mol. The third kappa shape index (κ3) is 5.28. The van der Waals surface area contributed by atoms with Crippen molar-refractivity contribution in [3.63, 3.8) is 0 Å². The second-order valence-electron chi connectivity index (χ2n) is 16.8. The fourth-order valence-electron chi connectivity index (χ4n) is 10.8. The molecule has 13 rings (SSSR count). The van der Waals surface area contributed by atoms with E-state index in [0.717, 1.165) is 28.0 Å². The molecule has 0 bridgehead atoms. The molecule has 0 saturated heterocycles. The number of nitrogens with one attached hydrogen (secondary N) is 2. The number of hydrogen-bond acceptors (Lipinski definition) is 3. The fraction of sp³-hybridized carbons (Fsp3) is 0.0339. The van der Waals surface area contributed by atoms with Crippen molar-refractivity contribution in [2.75, 3.05) is 0 Å². The van der Waals surface area contributed by atoms with Crippen molar-refractivity contribution < 1.29 is 0 Å². The molecular weight excluding hydrogens is 797 g/mol. The van der Waals surface area contributed by atoms with Crippen LogP contribution in [0.15, 0.2) is 228 Å². The van der Waals surface area contributed by atoms with E-state index < -0.39 is 5.41 Å². The quantitative estimate of drug-likeness (QED) is 0.157. The summed E-state index contributed by atoms with van der Waals surface area (Å²) in [4.78, 5) is 2.53. The Bertz CT molecular complexity index is 3710. The van der Waals surface area contributed by atoms with Crippen LogP contribution in [0.1, 0.15) is 38.9 Å². The number of para-hydroxylation sites is 4. The molecule has 64 heavy (non-hydrogen) atoms. The molecule has 1 spiro atoms. The molecule has 1 atom stereocenters. The van der Waals surface area contributed by atoms with Gasteiger partial charge in [0, 0.05) is 49.3 Å². The first-order chi connectivity index (χ1) is 31.7. The van der Waals surface area contributed by atoms with Crippen LogP contribution < -0.4 is 5.32 Å². The van der Waals surface area contributed by atoms with E-state index >= 15 is 0 Å². The molecule has 0 saturated carbocycles. The Labute approximate surface area is 375 Å². The minimum absolute atomic E-state index is 0.447. The van der Waals surface area contributed by atoms with Crippen molar-refractivity contribution in [3.05, 3.63) is 257 Å². The summed E-state index contributed by atoms with van der Waals surface area (Å²) < 4.78 is 4.97. The number of hydrogen-bond donors (Lipinski definition) is 2. The fourth-order valence-corrected chi connectivity index (χ4v) is 12.1. The lowest BCUT2D eigenvalue weighted by Gasteiger charge is -2.45. The number of benzene rings is 9. The van der Waals surface area contributed by atoms with Gasteiger partial charge in [-0.15, -0.1) is 0 Å². The highest BCUT2D eigenvalue weighted by molar-refractivity contribution is 7.99. The number of rotatable bonds is 7. The minimum Gasteiger partial charge on any atom is -0.380 e. The second-order valence-corrected chi connectivity index (χ2v) is 17.9. The monoisotopic (exact) mass is 836 g/mol. The van der Waals surface area contributed by atoms with E-state index in [2.05, 4.69) is 203 Å². The van der Waals surface area contributed by atoms with Gasteiger partial charge in [0.15, 0.2) is 0 Å². The van der Waals surface area contributed by atoms with Gasteiger partial charge in [0.1, 0.15) is 0 Å². The molecule has 1 unspecified atom stereocenters. The highest BCUT2D eigenvalue weighted by atomic mass is 32.2. The van der Waals surface area contributed by atoms with Crippen molar-refractivity contribution in [1.29, 1.82) is 5.41 Å². The second kappa shape index (κ2) is 14.3. The van der Waals surface area contributed by atoms with E-state index in [1.807, 2.05) is 42.1 Å². The molecule has 2 aromatic heterocycles. The van der Waals surface area contributed by atoms with Crippen LogP contribution >= 0.6 is 11.8 Å². The Balaban J connectivity index is 1.01. The van der Waals surface area contributed by atoms with Gasteiger partial charge in [-0.3, -0.25) is 0 Å². The van der Waals surface area contributed by atoms with Gasteiger partial charge < -0.3 is 19.9 Å². The summed E-state index contributed by atoms with van der Waals surface area (Å²) >= 11 is 1.89. The van der Waals surface area contributed by atoms with Crippen LogP contribution in [-0.4, -0.2) is 14.8 Å². The van der Waals surface area contributed by atoms with Crippen LogP contribution in [0.3, 0.4) is 0 Å². The molecule has 0 fully saturated rings. The molecule has 4 nitrogen and oxygen atoms in total. The molecule has 9 aromatic carbocycles. The smallest absolute Gasteiger partial charge is 0.0765 e. The number of fused-ring (bicyclic) bond motifs is 15. The van der Waals surface area contributed by atoms with Crippen LogP contribution in [0.25, 0.3) is 60.7 Å². The first-order valence-corrected chi connectivity index (χ1v) is 22.7. The first kappa shape index (κ1) is 36.8. The summed E-state index contributed by atoms with van der Waals surface area (Å²) in [5, 5.41) is 18.0. The maximum absolute atomic E-state index is 9.37. The molecule has 4 heterocycles. The highest BCUT2D eigenvalue weighted by Gasteiger charge is 2.50. The molecule has 302 valence electrons. The third-order valence-electron chi connectivity index (χ3n) is 13.5. The van der Waals surface area contributed by atoms with E-state index in [1.54, 1.807) is 0 Å². The number of aromatic nitrogens is 2. The standard InChI is InChI=1S/C59H40N4S/c60-50(36-51(40-18-5-2-6-19-40)61-37-38-16-3-1-4-17-38)39-30-32-41(33-31-39)62-52-26-11-7-21-43(52)45-34-35-49-58(57(45)62)64-55-29-14-10-24-47(55)59(49)46-23-9-13-28-54(46)63-53-27-12-8-20-42(53)44-22-15-25-48(59)56(44)63/h1-36,60-61H,37H2/b51-36-,60-50?. The van der Waals surface area contributed by atoms with Crippen LogP contribution in [0.5, 0.6) is 0 Å². The zero-order valence-corrected chi connectivity index (χ0v) is 35.6. The van der Waals surface area contributed by atoms with E-state index in [0.29, 0.717) is 12.3 Å². The lowest BCUT2D eigenvalue weighted by atomic mass is 9.62. The van der Waals surface area contributed by atoms with Gasteiger partial charge in [0.25, 0.3) is 0 Å². The van der Waals surface area contributed by atoms with Crippen molar-refractivity contribution in [3.8, 4) is 11.4 Å².